The van der Waals surface area contributed by atoms with E-state index in [1.165, 1.54) is 0 Å². The zero-order valence-electron chi connectivity index (χ0n) is 12.1. The third-order valence-electron chi connectivity index (χ3n) is 3.11. The maximum Gasteiger partial charge on any atom is 0.309 e. The lowest BCUT2D eigenvalue weighted by atomic mass is 9.79. The normalized spacial score (nSPS) is 21.7. The number of carbonyl (C=O) groups is 2. The minimum Gasteiger partial charge on any atom is -0.347 e. The molecule has 0 unspecified atom stereocenters. The Hall–Kier alpha value is -0.810. The Bertz CT molecular complexity index is 340. The minimum absolute atomic E-state index is 0.000464. The lowest BCUT2D eigenvalue weighted by Crippen LogP contribution is -2.62. The first-order valence-electron chi connectivity index (χ1n) is 6.59. The molecule has 1 fully saturated rings. The number of amides is 2. The predicted octanol–water partition coefficient (Wildman–Crippen LogP) is 0.767. The van der Waals surface area contributed by atoms with Gasteiger partial charge in [0, 0.05) is 29.5 Å². The van der Waals surface area contributed by atoms with Crippen LogP contribution in [-0.2, 0) is 9.59 Å². The largest absolute Gasteiger partial charge is 0.347 e. The van der Waals surface area contributed by atoms with Crippen LogP contribution in [0.4, 0.5) is 0 Å². The van der Waals surface area contributed by atoms with E-state index in [4.69, 9.17) is 11.6 Å². The van der Waals surface area contributed by atoms with Crippen molar-refractivity contribution < 1.29 is 9.59 Å². The number of halogens is 1. The number of hydrogen-bond acceptors (Lipinski definition) is 3. The molecule has 0 atom stereocenters. The Labute approximate surface area is 119 Å². The van der Waals surface area contributed by atoms with Crippen LogP contribution in [0, 0.1) is 0 Å². The predicted molar refractivity (Wildman–Crippen MR) is 76.2 cm³/mol. The van der Waals surface area contributed by atoms with Crippen LogP contribution >= 0.6 is 11.6 Å². The highest BCUT2D eigenvalue weighted by atomic mass is 35.5. The molecule has 5 nitrogen and oxygen atoms in total. The second-order valence-electron chi connectivity index (χ2n) is 6.42. The van der Waals surface area contributed by atoms with Crippen molar-refractivity contribution in [3.63, 3.8) is 0 Å². The molecule has 6 heteroatoms. The van der Waals surface area contributed by atoms with Crippen molar-refractivity contribution in [2.75, 3.05) is 12.4 Å². The van der Waals surface area contributed by atoms with E-state index in [0.29, 0.717) is 12.4 Å². The fraction of sp³-hybridized carbons (Fsp3) is 0.846. The zero-order valence-corrected chi connectivity index (χ0v) is 12.9. The van der Waals surface area contributed by atoms with Crippen molar-refractivity contribution in [2.45, 2.75) is 57.7 Å². The summed E-state index contributed by atoms with van der Waals surface area (Å²) in [5.41, 5.74) is -0.126. The Morgan fingerprint density at radius 2 is 1.68 bits per heavy atom. The molecule has 1 aliphatic rings. The van der Waals surface area contributed by atoms with Gasteiger partial charge >= 0.3 is 11.8 Å². The van der Waals surface area contributed by atoms with Crippen LogP contribution in [0.2, 0.25) is 0 Å². The van der Waals surface area contributed by atoms with E-state index in [1.807, 2.05) is 0 Å². The topological polar surface area (TPSA) is 70.2 Å². The zero-order chi connectivity index (χ0) is 14.7. The highest BCUT2D eigenvalue weighted by Gasteiger charge is 2.38. The number of carbonyl (C=O) groups excluding carboxylic acids is 2. The van der Waals surface area contributed by atoms with Gasteiger partial charge in [-0.05, 0) is 40.5 Å². The van der Waals surface area contributed by atoms with Crippen LogP contribution in [0.1, 0.15) is 40.5 Å². The molecule has 0 saturated carbocycles. The summed E-state index contributed by atoms with van der Waals surface area (Å²) in [6.07, 6.45) is 1.59. The van der Waals surface area contributed by atoms with E-state index in [0.717, 1.165) is 12.8 Å². The molecule has 1 rings (SSSR count). The quantitative estimate of drug-likeness (QED) is 0.531. The Kier molecular flexibility index (Phi) is 5.21. The molecule has 1 heterocycles. The van der Waals surface area contributed by atoms with Gasteiger partial charge in [0.2, 0.25) is 0 Å². The lowest BCUT2D eigenvalue weighted by molar-refractivity contribution is -0.139. The van der Waals surface area contributed by atoms with Crippen LogP contribution in [0.15, 0.2) is 0 Å². The highest BCUT2D eigenvalue weighted by Crippen LogP contribution is 2.28. The van der Waals surface area contributed by atoms with Gasteiger partial charge in [-0.2, -0.15) is 0 Å². The summed E-state index contributed by atoms with van der Waals surface area (Å²) >= 11 is 5.46. The first-order chi connectivity index (χ1) is 8.65. The number of rotatable bonds is 3. The summed E-state index contributed by atoms with van der Waals surface area (Å²) in [6, 6.07) is 0.000464. The Morgan fingerprint density at radius 1 is 1.16 bits per heavy atom. The van der Waals surface area contributed by atoms with Gasteiger partial charge < -0.3 is 16.0 Å². The van der Waals surface area contributed by atoms with E-state index in [2.05, 4.69) is 43.6 Å². The molecule has 0 radical (unpaired) electrons. The van der Waals surface area contributed by atoms with Crippen LogP contribution in [-0.4, -0.2) is 41.4 Å². The monoisotopic (exact) mass is 289 g/mol. The van der Waals surface area contributed by atoms with Gasteiger partial charge in [0.25, 0.3) is 0 Å². The summed E-state index contributed by atoms with van der Waals surface area (Å²) in [4.78, 5) is 23.3. The van der Waals surface area contributed by atoms with Gasteiger partial charge in [0.15, 0.2) is 0 Å². The molecule has 3 N–H and O–H groups in total. The van der Waals surface area contributed by atoms with Gasteiger partial charge in [-0.25, -0.2) is 0 Å². The molecule has 0 spiro atoms. The molecule has 0 aliphatic carbocycles. The van der Waals surface area contributed by atoms with Crippen molar-refractivity contribution in [1.29, 1.82) is 0 Å². The smallest absolute Gasteiger partial charge is 0.309 e. The molecule has 19 heavy (non-hydrogen) atoms. The van der Waals surface area contributed by atoms with Crippen molar-refractivity contribution in [3.05, 3.63) is 0 Å². The van der Waals surface area contributed by atoms with Gasteiger partial charge in [0.1, 0.15) is 0 Å². The third-order valence-corrected chi connectivity index (χ3v) is 3.30. The standard InChI is InChI=1S/C13H24ClN3O2/c1-12(2)7-9(8-13(3,4)17-12)16-11(19)10(18)15-6-5-14/h9,17H,5-8H2,1-4H3,(H,15,18)(H,16,19). The van der Waals surface area contributed by atoms with Crippen LogP contribution in [0.5, 0.6) is 0 Å². The van der Waals surface area contributed by atoms with Crippen molar-refractivity contribution >= 4 is 23.4 Å². The van der Waals surface area contributed by atoms with E-state index >= 15 is 0 Å². The molecule has 1 saturated heterocycles. The SMILES string of the molecule is CC1(C)CC(NC(=O)C(=O)NCCCl)CC(C)(C)N1. The van der Waals surface area contributed by atoms with E-state index in [-0.39, 0.29) is 17.1 Å². The second kappa shape index (κ2) is 6.09. The number of alkyl halides is 1. The first kappa shape index (κ1) is 16.2. The minimum atomic E-state index is -0.616. The molecule has 0 aromatic heterocycles. The molecule has 0 aromatic rings. The summed E-state index contributed by atoms with van der Waals surface area (Å²) in [7, 11) is 0. The molecule has 110 valence electrons. The van der Waals surface area contributed by atoms with E-state index < -0.39 is 11.8 Å². The number of nitrogens with one attached hydrogen (secondary N) is 3. The molecular formula is C13H24ClN3O2. The summed E-state index contributed by atoms with van der Waals surface area (Å²) in [5.74, 6) is -0.898. The summed E-state index contributed by atoms with van der Waals surface area (Å²) in [5, 5.41) is 8.80. The number of piperidine rings is 1. The third kappa shape index (κ3) is 5.37. The fourth-order valence-corrected chi connectivity index (χ4v) is 3.01. The van der Waals surface area contributed by atoms with Crippen LogP contribution in [0.25, 0.3) is 0 Å². The second-order valence-corrected chi connectivity index (χ2v) is 6.79. The Morgan fingerprint density at radius 3 is 2.16 bits per heavy atom. The first-order valence-corrected chi connectivity index (χ1v) is 7.13. The lowest BCUT2D eigenvalue weighted by Gasteiger charge is -2.46. The van der Waals surface area contributed by atoms with E-state index in [1.54, 1.807) is 0 Å². The van der Waals surface area contributed by atoms with Gasteiger partial charge in [0.05, 0.1) is 0 Å². The number of hydrogen-bond donors (Lipinski definition) is 3. The maximum atomic E-state index is 11.8. The molecule has 1 aliphatic heterocycles. The van der Waals surface area contributed by atoms with Gasteiger partial charge in [-0.1, -0.05) is 0 Å². The average molecular weight is 290 g/mol. The van der Waals surface area contributed by atoms with Crippen LogP contribution < -0.4 is 16.0 Å². The summed E-state index contributed by atoms with van der Waals surface area (Å²) < 4.78 is 0. The molecular weight excluding hydrogens is 266 g/mol. The van der Waals surface area contributed by atoms with Gasteiger partial charge in [-0.15, -0.1) is 11.6 Å². The van der Waals surface area contributed by atoms with Crippen molar-refractivity contribution in [1.82, 2.24) is 16.0 Å². The van der Waals surface area contributed by atoms with E-state index in [9.17, 15) is 9.59 Å². The summed E-state index contributed by atoms with van der Waals surface area (Å²) in [6.45, 7) is 8.69. The fourth-order valence-electron chi connectivity index (χ4n) is 2.92. The molecule has 2 amide bonds. The van der Waals surface area contributed by atoms with Crippen LogP contribution in [0.3, 0.4) is 0 Å². The molecule has 0 aromatic carbocycles. The van der Waals surface area contributed by atoms with Crippen molar-refractivity contribution in [3.8, 4) is 0 Å². The average Bonchev–Trinajstić information content (AvgIpc) is 2.20. The maximum absolute atomic E-state index is 11.8. The van der Waals surface area contributed by atoms with Gasteiger partial charge in [-0.3, -0.25) is 9.59 Å². The molecule has 0 bridgehead atoms. The highest BCUT2D eigenvalue weighted by molar-refractivity contribution is 6.35. The Balaban J connectivity index is 2.56. The van der Waals surface area contributed by atoms with Crippen molar-refractivity contribution in [2.24, 2.45) is 0 Å².